The largest absolute Gasteiger partial charge is 0.310 e. The summed E-state index contributed by atoms with van der Waals surface area (Å²) in [7, 11) is 0. The lowest BCUT2D eigenvalue weighted by Crippen LogP contribution is -2.15. The number of benzene rings is 13. The van der Waals surface area contributed by atoms with Gasteiger partial charge in [-0.15, -0.1) is 0 Å². The van der Waals surface area contributed by atoms with Crippen molar-refractivity contribution in [3.05, 3.63) is 321 Å². The smallest absolute Gasteiger partial charge is 0.0540 e. The summed E-state index contributed by atoms with van der Waals surface area (Å²) in [5, 5.41) is 10.2. The van der Waals surface area contributed by atoms with Gasteiger partial charge in [-0.25, -0.2) is 0 Å². The van der Waals surface area contributed by atoms with Gasteiger partial charge in [0.2, 0.25) is 0 Å². The molecule has 0 saturated heterocycles. The van der Waals surface area contributed by atoms with E-state index in [-0.39, 0.29) is 10.8 Å². The molecule has 0 N–H and O–H groups in total. The van der Waals surface area contributed by atoms with Crippen LogP contribution in [-0.2, 0) is 10.8 Å². The molecule has 0 bridgehead atoms. The highest BCUT2D eigenvalue weighted by molar-refractivity contribution is 6.37. The van der Waals surface area contributed by atoms with Gasteiger partial charge in [0.25, 0.3) is 0 Å². The third-order valence-corrected chi connectivity index (χ3v) is 17.6. The third kappa shape index (κ3) is 10.9. The van der Waals surface area contributed by atoms with Crippen molar-refractivity contribution in [2.75, 3.05) is 9.80 Å². The normalized spacial score (nSPS) is 12.1. The summed E-state index contributed by atoms with van der Waals surface area (Å²) in [5.74, 6) is 0. The second-order valence-corrected chi connectivity index (χ2v) is 26.2. The highest BCUT2D eigenvalue weighted by Crippen LogP contribution is 2.53. The second kappa shape index (κ2) is 22.6. The molecule has 0 saturated carbocycles. The summed E-state index contributed by atoms with van der Waals surface area (Å²) in [6, 6.07) is 93.2. The average Bonchev–Trinajstić information content (AvgIpc) is 0.827. The van der Waals surface area contributed by atoms with Crippen molar-refractivity contribution in [3.8, 4) is 0 Å². The van der Waals surface area contributed by atoms with Gasteiger partial charge in [-0.1, -0.05) is 257 Å². The number of fused-ring (bicyclic) bond motifs is 2. The van der Waals surface area contributed by atoms with Crippen molar-refractivity contribution in [2.45, 2.75) is 87.0 Å². The van der Waals surface area contributed by atoms with E-state index in [2.05, 4.69) is 347 Å². The summed E-state index contributed by atoms with van der Waals surface area (Å²) >= 11 is 0. The maximum absolute atomic E-state index is 2.48. The molecule has 13 aromatic rings. The molecule has 13 aromatic carbocycles. The van der Waals surface area contributed by atoms with Crippen LogP contribution in [0.15, 0.2) is 249 Å². The topological polar surface area (TPSA) is 6.48 Å². The van der Waals surface area contributed by atoms with Crippen LogP contribution in [0.1, 0.15) is 114 Å². The Hall–Kier alpha value is -9.76. The molecule has 0 radical (unpaired) electrons. The molecule has 0 heterocycles. The fourth-order valence-electron chi connectivity index (χ4n) is 13.0. The predicted molar refractivity (Wildman–Crippen MR) is 378 cm³/mol. The van der Waals surface area contributed by atoms with Crippen molar-refractivity contribution in [2.24, 2.45) is 0 Å². The van der Waals surface area contributed by atoms with Crippen LogP contribution in [0.3, 0.4) is 0 Å². The minimum Gasteiger partial charge on any atom is -0.310 e. The molecule has 0 aliphatic heterocycles. The summed E-state index contributed by atoms with van der Waals surface area (Å²) in [5.41, 5.74) is 24.7. The first-order chi connectivity index (χ1) is 41.9. The number of anilines is 6. The fourth-order valence-corrected chi connectivity index (χ4v) is 13.0. The van der Waals surface area contributed by atoms with Crippen LogP contribution in [0.2, 0.25) is 0 Å². The first-order valence-electron chi connectivity index (χ1n) is 30.8. The standard InChI is InChI=1S/C85H76N2/c1-55-17-31-63(32-18-55)74(62-15-13-12-14-16-62)53-60-27-41-68(42-28-60)86(66-37-23-58(4)24-38-66)78-51-47-72-80-70(78)45-49-76(84(6,7)8)82(80)73-48-52-79(71-46-50-77(85(9,10)11)83(72)81(71)73)87(67-39-25-59(5)26-40-67)69-43-29-61(30-44-69)54-75(64-33-19-56(2)20-34-64)65-35-21-57(3)22-36-65/h12-54H,1-11H3/b74-53+. The molecule has 87 heavy (non-hydrogen) atoms. The van der Waals surface area contributed by atoms with Crippen molar-refractivity contribution >= 4 is 101 Å². The van der Waals surface area contributed by atoms with E-state index in [0.29, 0.717) is 0 Å². The summed E-state index contributed by atoms with van der Waals surface area (Å²) in [6.45, 7) is 25.0. The molecule has 426 valence electrons. The Morgan fingerprint density at radius 2 is 0.540 bits per heavy atom. The Morgan fingerprint density at radius 1 is 0.264 bits per heavy atom. The van der Waals surface area contributed by atoms with Gasteiger partial charge in [0.1, 0.15) is 0 Å². The maximum atomic E-state index is 2.48. The average molecular weight is 1130 g/mol. The van der Waals surface area contributed by atoms with Crippen LogP contribution < -0.4 is 9.80 Å². The van der Waals surface area contributed by atoms with Crippen LogP contribution in [-0.4, -0.2) is 0 Å². The lowest BCUT2D eigenvalue weighted by Gasteiger charge is -2.32. The van der Waals surface area contributed by atoms with E-state index < -0.39 is 0 Å². The van der Waals surface area contributed by atoms with Gasteiger partial charge in [0, 0.05) is 33.5 Å². The van der Waals surface area contributed by atoms with Crippen LogP contribution >= 0.6 is 0 Å². The monoisotopic (exact) mass is 1120 g/mol. The first-order valence-corrected chi connectivity index (χ1v) is 30.8. The van der Waals surface area contributed by atoms with Crippen molar-refractivity contribution in [1.29, 1.82) is 0 Å². The molecule has 0 aliphatic rings. The minimum absolute atomic E-state index is 0.166. The van der Waals surface area contributed by atoms with Gasteiger partial charge in [-0.3, -0.25) is 0 Å². The molecule has 13 rings (SSSR count). The molecule has 0 aliphatic carbocycles. The Balaban J connectivity index is 1.01. The second-order valence-electron chi connectivity index (χ2n) is 26.2. The van der Waals surface area contributed by atoms with Crippen molar-refractivity contribution < 1.29 is 0 Å². The van der Waals surface area contributed by atoms with Crippen LogP contribution in [0.5, 0.6) is 0 Å². The zero-order valence-corrected chi connectivity index (χ0v) is 52.2. The van der Waals surface area contributed by atoms with Gasteiger partial charge in [0.05, 0.1) is 11.4 Å². The van der Waals surface area contributed by atoms with E-state index in [1.807, 2.05) is 0 Å². The highest BCUT2D eigenvalue weighted by Gasteiger charge is 2.30. The van der Waals surface area contributed by atoms with Gasteiger partial charge < -0.3 is 9.80 Å². The molecular weight excluding hydrogens is 1050 g/mol. The Kier molecular flexibility index (Phi) is 14.6. The van der Waals surface area contributed by atoms with Crippen molar-refractivity contribution in [1.82, 2.24) is 0 Å². The Morgan fingerprint density at radius 3 is 0.851 bits per heavy atom. The maximum Gasteiger partial charge on any atom is 0.0540 e. The molecule has 0 amide bonds. The highest BCUT2D eigenvalue weighted by atomic mass is 15.1. The number of rotatable bonds is 12. The molecule has 2 heteroatoms. The van der Waals surface area contributed by atoms with Gasteiger partial charge in [-0.05, 0) is 206 Å². The molecular formula is C85H76N2. The summed E-state index contributed by atoms with van der Waals surface area (Å²) in [6.07, 6.45) is 4.67. The SMILES string of the molecule is Cc1ccc(C(=Cc2ccc(N(c3ccc(C)cc3)c3ccc4c5c(C(C)(C)C)ccc6c(N(c7ccc(C)cc7)c7ccc(/C=C(\c8ccccc8)c8ccc(C)cc8)cc7)ccc(c7c(C(C)(C)C)ccc3c47)c65)cc2)c2ccc(C)cc2)cc1. The first kappa shape index (κ1) is 56.4. The zero-order chi connectivity index (χ0) is 60.3. The summed E-state index contributed by atoms with van der Waals surface area (Å²) in [4.78, 5) is 4.95. The molecule has 0 aromatic heterocycles. The lowest BCUT2D eigenvalue weighted by atomic mass is 9.76. The Bertz CT molecular complexity index is 4660. The molecule has 2 nitrogen and oxygen atoms in total. The van der Waals surface area contributed by atoms with E-state index in [0.717, 1.165) is 45.3 Å². The minimum atomic E-state index is -0.166. The molecule has 0 spiro atoms. The Labute approximate surface area is 515 Å². The molecule has 0 fully saturated rings. The summed E-state index contributed by atoms with van der Waals surface area (Å²) < 4.78 is 0. The van der Waals surface area contributed by atoms with Crippen LogP contribution in [0.25, 0.3) is 66.4 Å². The van der Waals surface area contributed by atoms with Crippen LogP contribution in [0.4, 0.5) is 34.1 Å². The fraction of sp³-hybridized carbons (Fsp3) is 0.153. The molecule has 0 unspecified atom stereocenters. The van der Waals surface area contributed by atoms with E-state index in [4.69, 9.17) is 0 Å². The van der Waals surface area contributed by atoms with Gasteiger partial charge >= 0.3 is 0 Å². The predicted octanol–water partition coefficient (Wildman–Crippen LogP) is 24.0. The van der Waals surface area contributed by atoms with E-state index in [1.165, 1.54) is 115 Å². The van der Waals surface area contributed by atoms with E-state index in [1.54, 1.807) is 0 Å². The quantitative estimate of drug-likeness (QED) is 0.0683. The zero-order valence-electron chi connectivity index (χ0n) is 52.2. The number of aryl methyl sites for hydroxylation is 5. The third-order valence-electron chi connectivity index (χ3n) is 17.6. The molecule has 0 atom stereocenters. The van der Waals surface area contributed by atoms with Gasteiger partial charge in [0.15, 0.2) is 0 Å². The van der Waals surface area contributed by atoms with Crippen LogP contribution in [0, 0.1) is 34.6 Å². The van der Waals surface area contributed by atoms with Crippen molar-refractivity contribution in [3.63, 3.8) is 0 Å². The van der Waals surface area contributed by atoms with Gasteiger partial charge in [-0.2, -0.15) is 0 Å². The lowest BCUT2D eigenvalue weighted by molar-refractivity contribution is 0.595. The number of hydrogen-bond donors (Lipinski definition) is 0. The van der Waals surface area contributed by atoms with E-state index >= 15 is 0 Å². The van der Waals surface area contributed by atoms with E-state index in [9.17, 15) is 0 Å². The number of nitrogens with zero attached hydrogens (tertiary/aromatic N) is 2. The number of hydrogen-bond acceptors (Lipinski definition) is 2.